The molecule has 2 aliphatic rings. The molecule has 0 atom stereocenters. The monoisotopic (exact) mass is 405 g/mol. The lowest BCUT2D eigenvalue weighted by Gasteiger charge is -2.32. The number of hydrogen-bond donors (Lipinski definition) is 1. The Balaban J connectivity index is 1.55. The minimum atomic E-state index is 0.353. The van der Waals surface area contributed by atoms with Gasteiger partial charge in [-0.15, -0.1) is 0 Å². The highest BCUT2D eigenvalue weighted by molar-refractivity contribution is 5.80. The Morgan fingerprint density at radius 2 is 1.90 bits per heavy atom. The van der Waals surface area contributed by atoms with E-state index < -0.39 is 0 Å². The highest BCUT2D eigenvalue weighted by atomic mass is 16.5. The molecule has 1 saturated heterocycles. The molecule has 0 unspecified atom stereocenters. The summed E-state index contributed by atoms with van der Waals surface area (Å²) in [7, 11) is 3.36. The Bertz CT molecular complexity index is 674. The first-order chi connectivity index (χ1) is 14.2. The summed E-state index contributed by atoms with van der Waals surface area (Å²) in [5.41, 5.74) is 2.59. The maximum absolute atomic E-state index is 5.96. The van der Waals surface area contributed by atoms with Gasteiger partial charge in [-0.1, -0.05) is 0 Å². The molecule has 7 nitrogen and oxygen atoms in total. The van der Waals surface area contributed by atoms with Crippen molar-refractivity contribution in [1.29, 1.82) is 0 Å². The Hall–Kier alpha value is -1.99. The predicted octanol–water partition coefficient (Wildman–Crippen LogP) is 2.61. The summed E-state index contributed by atoms with van der Waals surface area (Å²) in [5, 5.41) is 3.44. The highest BCUT2D eigenvalue weighted by Crippen LogP contribution is 2.33. The van der Waals surface area contributed by atoms with Gasteiger partial charge in [-0.25, -0.2) is 0 Å². The first-order valence-electron chi connectivity index (χ1n) is 10.7. The number of guanidine groups is 1. The lowest BCUT2D eigenvalue weighted by Crippen LogP contribution is -2.44. The van der Waals surface area contributed by atoms with E-state index in [-0.39, 0.29) is 0 Å². The number of hydrogen-bond acceptors (Lipinski definition) is 5. The van der Waals surface area contributed by atoms with Crippen molar-refractivity contribution in [3.63, 3.8) is 0 Å². The third-order valence-corrected chi connectivity index (χ3v) is 5.44. The molecule has 1 aromatic carbocycles. The quantitative estimate of drug-likeness (QED) is 0.408. The summed E-state index contributed by atoms with van der Waals surface area (Å²) >= 11 is 0. The standard InChI is InChI=1S/C22H35N3O4/c1-4-23-22(24-9-5-11-29-19-7-12-28-13-8-19)25-10-6-17-14-20(26-2)21(27-3)15-18(17)16-25/h14-15,19H,4-13,16H2,1-3H3,(H,23,24). The molecule has 0 amide bonds. The van der Waals surface area contributed by atoms with Crippen LogP contribution >= 0.6 is 0 Å². The molecular weight excluding hydrogens is 370 g/mol. The number of ether oxygens (including phenoxy) is 4. The fraction of sp³-hybridized carbons (Fsp3) is 0.682. The van der Waals surface area contributed by atoms with Gasteiger partial charge in [0.1, 0.15) is 0 Å². The van der Waals surface area contributed by atoms with Crippen LogP contribution in [0.1, 0.15) is 37.3 Å². The van der Waals surface area contributed by atoms with Gasteiger partial charge in [-0.2, -0.15) is 0 Å². The molecule has 1 aromatic rings. The zero-order valence-electron chi connectivity index (χ0n) is 18.0. The van der Waals surface area contributed by atoms with Gasteiger partial charge in [0.2, 0.25) is 0 Å². The molecular formula is C22H35N3O4. The molecule has 0 saturated carbocycles. The Kier molecular flexibility index (Phi) is 8.43. The van der Waals surface area contributed by atoms with Gasteiger partial charge in [0.15, 0.2) is 17.5 Å². The van der Waals surface area contributed by atoms with Crippen molar-refractivity contribution in [3.8, 4) is 11.5 Å². The van der Waals surface area contributed by atoms with E-state index in [1.807, 2.05) is 0 Å². The van der Waals surface area contributed by atoms with Crippen LogP contribution in [0.3, 0.4) is 0 Å². The predicted molar refractivity (Wildman–Crippen MR) is 114 cm³/mol. The number of benzene rings is 1. The normalized spacial score (nSPS) is 17.8. The number of methoxy groups -OCH3 is 2. The molecule has 0 aliphatic carbocycles. The van der Waals surface area contributed by atoms with Crippen LogP contribution < -0.4 is 14.8 Å². The number of nitrogens with one attached hydrogen (secondary N) is 1. The van der Waals surface area contributed by atoms with E-state index in [1.165, 1.54) is 11.1 Å². The number of nitrogens with zero attached hydrogens (tertiary/aromatic N) is 2. The second kappa shape index (κ2) is 11.3. The zero-order chi connectivity index (χ0) is 20.5. The molecule has 162 valence electrons. The molecule has 3 rings (SSSR count). The average molecular weight is 406 g/mol. The smallest absolute Gasteiger partial charge is 0.194 e. The molecule has 29 heavy (non-hydrogen) atoms. The number of fused-ring (bicyclic) bond motifs is 1. The summed E-state index contributed by atoms with van der Waals surface area (Å²) in [6, 6.07) is 4.19. The van der Waals surface area contributed by atoms with E-state index in [0.717, 1.165) is 89.1 Å². The first kappa shape index (κ1) is 21.7. The summed E-state index contributed by atoms with van der Waals surface area (Å²) in [4.78, 5) is 7.16. The Morgan fingerprint density at radius 1 is 1.17 bits per heavy atom. The van der Waals surface area contributed by atoms with Crippen LogP contribution in [-0.2, 0) is 22.4 Å². The van der Waals surface area contributed by atoms with E-state index >= 15 is 0 Å². The average Bonchev–Trinajstić information content (AvgIpc) is 2.77. The van der Waals surface area contributed by atoms with Gasteiger partial charge < -0.3 is 29.2 Å². The Morgan fingerprint density at radius 3 is 2.59 bits per heavy atom. The maximum atomic E-state index is 5.96. The number of aliphatic imine (C=N–C) groups is 1. The van der Waals surface area contributed by atoms with Crippen molar-refractivity contribution < 1.29 is 18.9 Å². The van der Waals surface area contributed by atoms with E-state index in [1.54, 1.807) is 14.2 Å². The van der Waals surface area contributed by atoms with Crippen molar-refractivity contribution in [2.45, 2.75) is 45.3 Å². The van der Waals surface area contributed by atoms with Crippen molar-refractivity contribution in [2.75, 3.05) is 53.7 Å². The van der Waals surface area contributed by atoms with Crippen LogP contribution in [-0.4, -0.2) is 70.6 Å². The third kappa shape index (κ3) is 6.00. The van der Waals surface area contributed by atoms with E-state index in [9.17, 15) is 0 Å². The van der Waals surface area contributed by atoms with Crippen LogP contribution in [0.4, 0.5) is 0 Å². The van der Waals surface area contributed by atoms with Gasteiger partial charge in [-0.05, 0) is 55.9 Å². The van der Waals surface area contributed by atoms with Crippen LogP contribution in [0.25, 0.3) is 0 Å². The van der Waals surface area contributed by atoms with E-state index in [2.05, 4.69) is 29.3 Å². The molecule has 0 aromatic heterocycles. The Labute approximate surface area is 174 Å². The van der Waals surface area contributed by atoms with E-state index in [0.29, 0.717) is 6.10 Å². The zero-order valence-corrected chi connectivity index (χ0v) is 18.0. The summed E-state index contributed by atoms with van der Waals surface area (Å²) in [5.74, 6) is 2.55. The van der Waals surface area contributed by atoms with Crippen LogP contribution in [0, 0.1) is 0 Å². The van der Waals surface area contributed by atoms with Crippen LogP contribution in [0.2, 0.25) is 0 Å². The largest absolute Gasteiger partial charge is 0.493 e. The molecule has 0 spiro atoms. The second-order valence-electron chi connectivity index (χ2n) is 7.42. The van der Waals surface area contributed by atoms with Crippen LogP contribution in [0.5, 0.6) is 11.5 Å². The van der Waals surface area contributed by atoms with Crippen molar-refractivity contribution in [3.05, 3.63) is 23.3 Å². The summed E-state index contributed by atoms with van der Waals surface area (Å²) in [6.07, 6.45) is 4.27. The molecule has 2 aliphatic heterocycles. The van der Waals surface area contributed by atoms with Crippen molar-refractivity contribution >= 4 is 5.96 Å². The third-order valence-electron chi connectivity index (χ3n) is 5.44. The topological polar surface area (TPSA) is 64.6 Å². The molecule has 7 heteroatoms. The minimum Gasteiger partial charge on any atom is -0.493 e. The van der Waals surface area contributed by atoms with Gasteiger partial charge >= 0.3 is 0 Å². The van der Waals surface area contributed by atoms with Crippen molar-refractivity contribution in [1.82, 2.24) is 10.2 Å². The lowest BCUT2D eigenvalue weighted by molar-refractivity contribution is -0.0318. The fourth-order valence-electron chi connectivity index (χ4n) is 3.83. The molecule has 0 bridgehead atoms. The SMILES string of the molecule is CCNC(=NCCCOC1CCOCC1)N1CCc2cc(OC)c(OC)cc2C1. The molecule has 1 N–H and O–H groups in total. The molecule has 2 heterocycles. The van der Waals surface area contributed by atoms with Gasteiger partial charge in [0.05, 0.1) is 20.3 Å². The van der Waals surface area contributed by atoms with Crippen molar-refractivity contribution in [2.24, 2.45) is 4.99 Å². The lowest BCUT2D eigenvalue weighted by atomic mass is 9.99. The second-order valence-corrected chi connectivity index (χ2v) is 7.42. The van der Waals surface area contributed by atoms with E-state index in [4.69, 9.17) is 23.9 Å². The summed E-state index contributed by atoms with van der Waals surface area (Å²) in [6.45, 7) is 7.88. The van der Waals surface area contributed by atoms with Gasteiger partial charge in [0.25, 0.3) is 0 Å². The minimum absolute atomic E-state index is 0.353. The summed E-state index contributed by atoms with van der Waals surface area (Å²) < 4.78 is 22.2. The molecule has 1 fully saturated rings. The van der Waals surface area contributed by atoms with Gasteiger partial charge in [0, 0.05) is 46.0 Å². The van der Waals surface area contributed by atoms with Gasteiger partial charge in [-0.3, -0.25) is 4.99 Å². The fourth-order valence-corrected chi connectivity index (χ4v) is 3.83. The molecule has 0 radical (unpaired) electrons. The maximum Gasteiger partial charge on any atom is 0.194 e. The highest BCUT2D eigenvalue weighted by Gasteiger charge is 2.21. The first-order valence-corrected chi connectivity index (χ1v) is 10.7. The van der Waals surface area contributed by atoms with Crippen LogP contribution in [0.15, 0.2) is 17.1 Å². The number of rotatable bonds is 8.